The number of hydrazone groups is 1. The van der Waals surface area contributed by atoms with Crippen molar-refractivity contribution in [3.63, 3.8) is 0 Å². The van der Waals surface area contributed by atoms with Crippen LogP contribution in [0, 0.1) is 17.0 Å². The normalized spacial score (nSPS) is 10.8. The summed E-state index contributed by atoms with van der Waals surface area (Å²) in [7, 11) is 0. The molecule has 1 amide bonds. The zero-order valence-electron chi connectivity index (χ0n) is 15.7. The van der Waals surface area contributed by atoms with Crippen LogP contribution in [-0.2, 0) is 11.2 Å². The van der Waals surface area contributed by atoms with Gasteiger partial charge in [-0.15, -0.1) is 0 Å². The van der Waals surface area contributed by atoms with Crippen molar-refractivity contribution in [3.8, 4) is 0 Å². The largest absolute Gasteiger partial charge is 0.283 e. The fraction of sp³-hybridized carbons (Fsp3) is 0.0909. The molecule has 0 unspecified atom stereocenters. The molecule has 0 aliphatic heterocycles. The lowest BCUT2D eigenvalue weighted by molar-refractivity contribution is -0.387. The van der Waals surface area contributed by atoms with E-state index in [2.05, 4.69) is 10.5 Å². The van der Waals surface area contributed by atoms with Crippen molar-refractivity contribution in [2.45, 2.75) is 23.1 Å². The Balaban J connectivity index is 1.67. The molecule has 7 heteroatoms. The zero-order valence-corrected chi connectivity index (χ0v) is 16.6. The quantitative estimate of drug-likeness (QED) is 0.349. The molecule has 0 radical (unpaired) electrons. The Morgan fingerprint density at radius 2 is 1.83 bits per heavy atom. The SMILES string of the molecule is Cc1ccc(Sc2ccc(C=NNC(=O)Cc3ccccc3)cc2[N+](=O)[O-])cc1. The molecule has 3 rings (SSSR count). The first-order valence-electron chi connectivity index (χ1n) is 8.90. The fourth-order valence-electron chi connectivity index (χ4n) is 2.58. The number of nitrogens with zero attached hydrogens (tertiary/aromatic N) is 2. The maximum atomic E-state index is 11.9. The van der Waals surface area contributed by atoms with Crippen molar-refractivity contribution in [1.29, 1.82) is 0 Å². The van der Waals surface area contributed by atoms with Crippen molar-refractivity contribution in [1.82, 2.24) is 5.43 Å². The Kier molecular flexibility index (Phi) is 6.76. The van der Waals surface area contributed by atoms with E-state index in [-0.39, 0.29) is 18.0 Å². The van der Waals surface area contributed by atoms with Gasteiger partial charge in [0.15, 0.2) is 0 Å². The number of rotatable bonds is 7. The van der Waals surface area contributed by atoms with Gasteiger partial charge in [0.2, 0.25) is 5.91 Å². The maximum Gasteiger partial charge on any atom is 0.283 e. The standard InChI is InChI=1S/C22H19N3O3S/c1-16-7-10-19(11-8-16)29-21-12-9-18(13-20(21)25(27)28)15-23-24-22(26)14-17-5-3-2-4-6-17/h2-13,15H,14H2,1H3,(H,24,26). The minimum Gasteiger partial charge on any atom is -0.273 e. The van der Waals surface area contributed by atoms with E-state index in [0.717, 1.165) is 16.0 Å². The predicted molar refractivity (Wildman–Crippen MR) is 114 cm³/mol. The molecule has 3 aromatic carbocycles. The number of nitrogens with one attached hydrogen (secondary N) is 1. The number of nitro groups is 1. The van der Waals surface area contributed by atoms with Crippen molar-refractivity contribution in [3.05, 3.63) is 99.6 Å². The number of hydrogen-bond donors (Lipinski definition) is 1. The van der Waals surface area contributed by atoms with Crippen molar-refractivity contribution in [2.24, 2.45) is 5.10 Å². The molecule has 3 aromatic rings. The van der Waals surface area contributed by atoms with Gasteiger partial charge in [-0.05, 0) is 30.7 Å². The van der Waals surface area contributed by atoms with Crippen LogP contribution >= 0.6 is 11.8 Å². The first kappa shape index (κ1) is 20.3. The highest BCUT2D eigenvalue weighted by molar-refractivity contribution is 7.99. The maximum absolute atomic E-state index is 11.9. The molecule has 0 aliphatic carbocycles. The molecule has 146 valence electrons. The molecular weight excluding hydrogens is 386 g/mol. The van der Waals surface area contributed by atoms with Gasteiger partial charge in [0.1, 0.15) is 0 Å². The average molecular weight is 405 g/mol. The third-order valence-corrected chi connectivity index (χ3v) is 5.11. The molecule has 0 saturated carbocycles. The number of aryl methyl sites for hydroxylation is 1. The predicted octanol–water partition coefficient (Wildman–Crippen LogP) is 4.75. The molecule has 0 heterocycles. The summed E-state index contributed by atoms with van der Waals surface area (Å²) >= 11 is 1.33. The van der Waals surface area contributed by atoms with Crippen LogP contribution in [0.3, 0.4) is 0 Å². The molecule has 0 aliphatic rings. The fourth-order valence-corrected chi connectivity index (χ4v) is 3.48. The summed E-state index contributed by atoms with van der Waals surface area (Å²) in [5, 5.41) is 15.4. The Hall–Kier alpha value is -3.45. The lowest BCUT2D eigenvalue weighted by atomic mass is 10.1. The van der Waals surface area contributed by atoms with Crippen LogP contribution < -0.4 is 5.43 Å². The van der Waals surface area contributed by atoms with Crippen LogP contribution in [-0.4, -0.2) is 17.0 Å². The Bertz CT molecular complexity index is 1030. The van der Waals surface area contributed by atoms with Gasteiger partial charge in [-0.3, -0.25) is 14.9 Å². The summed E-state index contributed by atoms with van der Waals surface area (Å²) in [5.41, 5.74) is 4.98. The topological polar surface area (TPSA) is 84.6 Å². The highest BCUT2D eigenvalue weighted by atomic mass is 32.2. The van der Waals surface area contributed by atoms with E-state index >= 15 is 0 Å². The van der Waals surface area contributed by atoms with Gasteiger partial charge in [0, 0.05) is 16.5 Å². The van der Waals surface area contributed by atoms with Crippen LogP contribution in [0.15, 0.2) is 87.7 Å². The van der Waals surface area contributed by atoms with Crippen LogP contribution in [0.1, 0.15) is 16.7 Å². The second-order valence-corrected chi connectivity index (χ2v) is 7.47. The Labute approximate surface area is 172 Å². The summed E-state index contributed by atoms with van der Waals surface area (Å²) in [5.74, 6) is -0.256. The van der Waals surface area contributed by atoms with Gasteiger partial charge in [-0.25, -0.2) is 5.43 Å². The van der Waals surface area contributed by atoms with Gasteiger partial charge in [-0.2, -0.15) is 5.10 Å². The number of benzene rings is 3. The zero-order chi connectivity index (χ0) is 20.6. The molecule has 6 nitrogen and oxygen atoms in total. The van der Waals surface area contributed by atoms with E-state index in [1.165, 1.54) is 24.0 Å². The smallest absolute Gasteiger partial charge is 0.273 e. The summed E-state index contributed by atoms with van der Waals surface area (Å²) < 4.78 is 0. The highest BCUT2D eigenvalue weighted by Gasteiger charge is 2.15. The molecule has 1 N–H and O–H groups in total. The molecule has 0 saturated heterocycles. The van der Waals surface area contributed by atoms with Gasteiger partial charge < -0.3 is 0 Å². The van der Waals surface area contributed by atoms with Gasteiger partial charge in [-0.1, -0.05) is 65.9 Å². The van der Waals surface area contributed by atoms with Crippen LogP contribution in [0.2, 0.25) is 0 Å². The third-order valence-electron chi connectivity index (χ3n) is 4.04. The Morgan fingerprint density at radius 1 is 1.10 bits per heavy atom. The highest BCUT2D eigenvalue weighted by Crippen LogP contribution is 2.35. The molecule has 0 aromatic heterocycles. The second-order valence-electron chi connectivity index (χ2n) is 6.35. The molecule has 29 heavy (non-hydrogen) atoms. The minimum absolute atomic E-state index is 0.00450. The van der Waals surface area contributed by atoms with E-state index in [9.17, 15) is 14.9 Å². The summed E-state index contributed by atoms with van der Waals surface area (Å²) in [6.07, 6.45) is 1.61. The van der Waals surface area contributed by atoms with Gasteiger partial charge in [0.25, 0.3) is 5.69 Å². The monoisotopic (exact) mass is 405 g/mol. The molecule has 0 atom stereocenters. The first-order chi connectivity index (χ1) is 14.0. The van der Waals surface area contributed by atoms with E-state index in [4.69, 9.17) is 0 Å². The second kappa shape index (κ2) is 9.66. The van der Waals surface area contributed by atoms with Crippen molar-refractivity contribution >= 4 is 29.6 Å². The van der Waals surface area contributed by atoms with E-state index in [1.807, 2.05) is 61.5 Å². The van der Waals surface area contributed by atoms with Crippen molar-refractivity contribution < 1.29 is 9.72 Å². The number of hydrogen-bond acceptors (Lipinski definition) is 5. The lowest BCUT2D eigenvalue weighted by Crippen LogP contribution is -2.19. The molecule has 0 bridgehead atoms. The third kappa shape index (κ3) is 6.02. The molecular formula is C22H19N3O3S. The van der Waals surface area contributed by atoms with Crippen LogP contribution in [0.5, 0.6) is 0 Å². The summed E-state index contributed by atoms with van der Waals surface area (Å²) in [6.45, 7) is 1.99. The number of carbonyl (C=O) groups excluding carboxylic acids is 1. The number of amides is 1. The van der Waals surface area contributed by atoms with E-state index in [1.54, 1.807) is 12.1 Å². The number of carbonyl (C=O) groups is 1. The van der Waals surface area contributed by atoms with Crippen LogP contribution in [0.4, 0.5) is 5.69 Å². The van der Waals surface area contributed by atoms with Crippen molar-refractivity contribution in [2.75, 3.05) is 0 Å². The van der Waals surface area contributed by atoms with Gasteiger partial charge >= 0.3 is 0 Å². The number of nitro benzene ring substituents is 1. The lowest BCUT2D eigenvalue weighted by Gasteiger charge is -2.05. The first-order valence-corrected chi connectivity index (χ1v) is 9.72. The average Bonchev–Trinajstić information content (AvgIpc) is 2.71. The van der Waals surface area contributed by atoms with Crippen LogP contribution in [0.25, 0.3) is 0 Å². The summed E-state index contributed by atoms with van der Waals surface area (Å²) in [6, 6.07) is 22.0. The summed E-state index contributed by atoms with van der Waals surface area (Å²) in [4.78, 5) is 24.5. The Morgan fingerprint density at radius 3 is 2.52 bits per heavy atom. The molecule has 0 fully saturated rings. The minimum atomic E-state index is -0.415. The van der Waals surface area contributed by atoms with E-state index < -0.39 is 4.92 Å². The van der Waals surface area contributed by atoms with E-state index in [0.29, 0.717) is 10.5 Å². The van der Waals surface area contributed by atoms with Gasteiger partial charge in [0.05, 0.1) is 22.5 Å². The molecule has 0 spiro atoms.